The Kier molecular flexibility index (Phi) is 5.37. The van der Waals surface area contributed by atoms with E-state index in [0.29, 0.717) is 17.7 Å². The smallest absolute Gasteiger partial charge is 0.368 e. The molecule has 0 atom stereocenters. The first-order valence-electron chi connectivity index (χ1n) is 8.40. The Morgan fingerprint density at radius 2 is 1.30 bits per heavy atom. The van der Waals surface area contributed by atoms with E-state index in [4.69, 9.17) is 14.2 Å². The Morgan fingerprint density at radius 1 is 0.889 bits per heavy atom. The highest BCUT2D eigenvalue weighted by molar-refractivity contribution is 6.11. The molecule has 2 aromatic rings. The molecule has 6 heteroatoms. The average molecular weight is 372 g/mol. The fourth-order valence-corrected chi connectivity index (χ4v) is 2.57. The van der Waals surface area contributed by atoms with Crippen molar-refractivity contribution >= 4 is 17.9 Å². The van der Waals surface area contributed by atoms with E-state index in [2.05, 4.69) is 0 Å². The van der Waals surface area contributed by atoms with Gasteiger partial charge >= 0.3 is 5.97 Å². The second-order valence-corrected chi connectivity index (χ2v) is 5.95. The van der Waals surface area contributed by atoms with Gasteiger partial charge in [0.05, 0.1) is 6.61 Å². The number of benzene rings is 2. The molecule has 0 bridgehead atoms. The third-order valence-electron chi connectivity index (χ3n) is 3.78. The van der Waals surface area contributed by atoms with Gasteiger partial charge in [0, 0.05) is 6.92 Å². The van der Waals surface area contributed by atoms with E-state index in [1.165, 1.54) is 60.7 Å². The van der Waals surface area contributed by atoms with Gasteiger partial charge in [-0.3, -0.25) is 4.79 Å². The van der Waals surface area contributed by atoms with Gasteiger partial charge in [0.2, 0.25) is 0 Å². The quantitative estimate of drug-likeness (QED) is 0.732. The van der Waals surface area contributed by atoms with Crippen LogP contribution in [0, 0.1) is 11.6 Å². The second-order valence-electron chi connectivity index (χ2n) is 5.95. The van der Waals surface area contributed by atoms with Gasteiger partial charge in [0.25, 0.3) is 5.78 Å². The van der Waals surface area contributed by atoms with Crippen molar-refractivity contribution in [3.8, 4) is 0 Å². The highest BCUT2D eigenvalue weighted by atomic mass is 19.1. The van der Waals surface area contributed by atoms with Gasteiger partial charge in [0.15, 0.2) is 11.5 Å². The van der Waals surface area contributed by atoms with E-state index >= 15 is 0 Å². The molecule has 1 heterocycles. The van der Waals surface area contributed by atoms with Crippen LogP contribution in [0.5, 0.6) is 0 Å². The Morgan fingerprint density at radius 3 is 1.67 bits per heavy atom. The number of rotatable bonds is 4. The van der Waals surface area contributed by atoms with Gasteiger partial charge in [-0.15, -0.1) is 0 Å². The molecule has 4 nitrogen and oxygen atoms in total. The third kappa shape index (κ3) is 4.60. The number of halogens is 2. The van der Waals surface area contributed by atoms with E-state index in [1.54, 1.807) is 13.8 Å². The number of hydrogen-bond donors (Lipinski definition) is 0. The molecule has 0 saturated carbocycles. The van der Waals surface area contributed by atoms with E-state index in [1.807, 2.05) is 0 Å². The predicted octanol–water partition coefficient (Wildman–Crippen LogP) is 4.67. The summed E-state index contributed by atoms with van der Waals surface area (Å²) >= 11 is 0. The lowest BCUT2D eigenvalue weighted by atomic mass is 10.1. The molecule has 27 heavy (non-hydrogen) atoms. The van der Waals surface area contributed by atoms with E-state index in [0.717, 1.165) is 0 Å². The molecule has 140 valence electrons. The predicted molar refractivity (Wildman–Crippen MR) is 96.0 cm³/mol. The maximum Gasteiger partial charge on any atom is 0.368 e. The van der Waals surface area contributed by atoms with Gasteiger partial charge in [-0.25, -0.2) is 8.78 Å². The highest BCUT2D eigenvalue weighted by Gasteiger charge is 2.41. The molecule has 0 spiro atoms. The largest absolute Gasteiger partial charge is 0.426 e. The molecule has 1 saturated heterocycles. The maximum absolute atomic E-state index is 13.1. The molecule has 2 aromatic carbocycles. The van der Waals surface area contributed by atoms with E-state index in [-0.39, 0.29) is 23.2 Å². The standard InChI is InChI=1S/C21H18F2O4/c1-3-25-21(2)26-18(12-14-4-8-16(22)9-5-14)20(24)19(27-21)13-15-6-10-17(23)11-7-15/h4-13H,3H2,1-2H3/b18-12-,19-13-. The summed E-state index contributed by atoms with van der Waals surface area (Å²) in [6.45, 7) is 3.60. The van der Waals surface area contributed by atoms with Crippen LogP contribution in [0.1, 0.15) is 25.0 Å². The fraction of sp³-hybridized carbons (Fsp3) is 0.190. The van der Waals surface area contributed by atoms with Crippen molar-refractivity contribution in [2.45, 2.75) is 19.8 Å². The number of carbonyl (C=O) groups is 1. The van der Waals surface area contributed by atoms with Gasteiger partial charge < -0.3 is 14.2 Å². The highest BCUT2D eigenvalue weighted by Crippen LogP contribution is 2.32. The SMILES string of the molecule is CCOC1(C)O/C(=C\c2ccc(F)cc2)C(=O)/C(=C/c2ccc(F)cc2)O1. The monoisotopic (exact) mass is 372 g/mol. The molecule has 1 fully saturated rings. The third-order valence-corrected chi connectivity index (χ3v) is 3.78. The number of ketones is 1. The van der Waals surface area contributed by atoms with Gasteiger partial charge in [-0.1, -0.05) is 24.3 Å². The van der Waals surface area contributed by atoms with Crippen molar-refractivity contribution in [2.75, 3.05) is 6.61 Å². The van der Waals surface area contributed by atoms with Crippen molar-refractivity contribution in [2.24, 2.45) is 0 Å². The van der Waals surface area contributed by atoms with Crippen LogP contribution in [-0.4, -0.2) is 18.4 Å². The Labute approximate surface area is 155 Å². The Hall–Kier alpha value is -2.99. The average Bonchev–Trinajstić information content (AvgIpc) is 2.63. The number of hydrogen-bond acceptors (Lipinski definition) is 4. The Bertz CT molecular complexity index is 816. The number of ether oxygens (including phenoxy) is 3. The van der Waals surface area contributed by atoms with Crippen LogP contribution in [0.15, 0.2) is 60.0 Å². The van der Waals surface area contributed by atoms with Gasteiger partial charge in [-0.2, -0.15) is 0 Å². The molecule has 0 radical (unpaired) electrons. The van der Waals surface area contributed by atoms with Crippen LogP contribution in [0.3, 0.4) is 0 Å². The number of carbonyl (C=O) groups excluding carboxylic acids is 1. The van der Waals surface area contributed by atoms with Crippen LogP contribution in [0.2, 0.25) is 0 Å². The molecule has 0 aromatic heterocycles. The van der Waals surface area contributed by atoms with Crippen LogP contribution in [0.4, 0.5) is 8.78 Å². The second kappa shape index (κ2) is 7.72. The summed E-state index contributed by atoms with van der Waals surface area (Å²) < 4.78 is 42.9. The number of Topliss-reactive ketones (excluding diaryl/α,β-unsaturated/α-hetero) is 1. The molecular weight excluding hydrogens is 354 g/mol. The zero-order valence-corrected chi connectivity index (χ0v) is 14.9. The van der Waals surface area contributed by atoms with Crippen LogP contribution in [-0.2, 0) is 19.0 Å². The zero-order chi connectivity index (χ0) is 19.4. The summed E-state index contributed by atoms with van der Waals surface area (Å²) in [6, 6.07) is 11.2. The normalized spacial score (nSPS) is 22.6. The summed E-state index contributed by atoms with van der Waals surface area (Å²) in [5, 5.41) is 0. The minimum atomic E-state index is -1.50. The molecule has 1 aliphatic rings. The fourth-order valence-electron chi connectivity index (χ4n) is 2.57. The van der Waals surface area contributed by atoms with Crippen molar-refractivity contribution in [1.29, 1.82) is 0 Å². The lowest BCUT2D eigenvalue weighted by Gasteiger charge is -2.35. The summed E-state index contributed by atoms with van der Waals surface area (Å²) in [4.78, 5) is 12.8. The summed E-state index contributed by atoms with van der Waals surface area (Å²) in [5.41, 5.74) is 1.17. The lowest BCUT2D eigenvalue weighted by molar-refractivity contribution is -0.343. The first kappa shape index (κ1) is 18.8. The summed E-state index contributed by atoms with van der Waals surface area (Å²) in [6.07, 6.45) is 2.97. The molecule has 0 aliphatic carbocycles. The molecule has 1 aliphatic heterocycles. The lowest BCUT2D eigenvalue weighted by Crippen LogP contribution is -2.42. The maximum atomic E-state index is 13.1. The van der Waals surface area contributed by atoms with Crippen molar-refractivity contribution in [1.82, 2.24) is 0 Å². The molecule has 0 unspecified atom stereocenters. The van der Waals surface area contributed by atoms with Gasteiger partial charge in [0.1, 0.15) is 11.6 Å². The molecule has 0 amide bonds. The Balaban J connectivity index is 1.99. The molecule has 3 rings (SSSR count). The van der Waals surface area contributed by atoms with Crippen LogP contribution >= 0.6 is 0 Å². The summed E-state index contributed by atoms with van der Waals surface area (Å²) in [7, 11) is 0. The van der Waals surface area contributed by atoms with Crippen molar-refractivity contribution in [3.05, 3.63) is 82.8 Å². The van der Waals surface area contributed by atoms with E-state index < -0.39 is 11.8 Å². The van der Waals surface area contributed by atoms with Crippen molar-refractivity contribution in [3.63, 3.8) is 0 Å². The van der Waals surface area contributed by atoms with E-state index in [9.17, 15) is 13.6 Å². The minimum Gasteiger partial charge on any atom is -0.426 e. The molecule has 0 N–H and O–H groups in total. The first-order chi connectivity index (χ1) is 12.9. The van der Waals surface area contributed by atoms with Crippen LogP contribution < -0.4 is 0 Å². The van der Waals surface area contributed by atoms with Crippen LogP contribution in [0.25, 0.3) is 12.2 Å². The van der Waals surface area contributed by atoms with Crippen molar-refractivity contribution < 1.29 is 27.8 Å². The molecular formula is C21H18F2O4. The first-order valence-corrected chi connectivity index (χ1v) is 8.40. The minimum absolute atomic E-state index is 0.00262. The summed E-state index contributed by atoms with van der Waals surface area (Å²) in [5.74, 6) is -2.77. The topological polar surface area (TPSA) is 44.8 Å². The zero-order valence-electron chi connectivity index (χ0n) is 14.9. The van der Waals surface area contributed by atoms with Gasteiger partial charge in [-0.05, 0) is 54.5 Å².